The molecule has 1 aliphatic heterocycles. The summed E-state index contributed by atoms with van der Waals surface area (Å²) in [4.78, 5) is 17.1. The predicted molar refractivity (Wildman–Crippen MR) is 121 cm³/mol. The molecule has 0 saturated carbocycles. The van der Waals surface area contributed by atoms with E-state index in [4.69, 9.17) is 21.7 Å². The van der Waals surface area contributed by atoms with Gasteiger partial charge in [-0.25, -0.2) is 0 Å². The molecule has 7 heteroatoms. The number of ether oxygens (including phenoxy) is 2. The minimum atomic E-state index is -0.141. The van der Waals surface area contributed by atoms with E-state index < -0.39 is 0 Å². The quantitative estimate of drug-likeness (QED) is 0.510. The molecule has 28 heavy (non-hydrogen) atoms. The number of rotatable bonds is 6. The van der Waals surface area contributed by atoms with Crippen LogP contribution in [0.25, 0.3) is 6.08 Å². The minimum absolute atomic E-state index is 0.141. The molecule has 0 radical (unpaired) electrons. The van der Waals surface area contributed by atoms with Crippen molar-refractivity contribution in [2.45, 2.75) is 6.92 Å². The summed E-state index contributed by atoms with van der Waals surface area (Å²) in [6.45, 7) is 2.41. The van der Waals surface area contributed by atoms with Crippen molar-refractivity contribution < 1.29 is 14.3 Å². The van der Waals surface area contributed by atoms with Crippen LogP contribution in [0.15, 0.2) is 47.4 Å². The molecule has 0 aromatic heterocycles. The number of nitrogens with zero attached hydrogens (tertiary/aromatic N) is 2. The Balaban J connectivity index is 1.93. The zero-order valence-electron chi connectivity index (χ0n) is 16.3. The van der Waals surface area contributed by atoms with Crippen molar-refractivity contribution in [3.63, 3.8) is 0 Å². The first kappa shape index (κ1) is 20.2. The predicted octanol–water partition coefficient (Wildman–Crippen LogP) is 4.57. The molecule has 0 bridgehead atoms. The smallest absolute Gasteiger partial charge is 0.270 e. The fourth-order valence-corrected chi connectivity index (χ4v) is 4.13. The van der Waals surface area contributed by atoms with Gasteiger partial charge in [-0.05, 0) is 43.3 Å². The Labute approximate surface area is 174 Å². The molecular weight excluding hydrogens is 392 g/mol. The van der Waals surface area contributed by atoms with Crippen LogP contribution < -0.4 is 19.3 Å². The largest absolute Gasteiger partial charge is 0.493 e. The molecule has 0 N–H and O–H groups in total. The summed E-state index contributed by atoms with van der Waals surface area (Å²) < 4.78 is 11.6. The number of methoxy groups -OCH3 is 1. The van der Waals surface area contributed by atoms with Crippen molar-refractivity contribution in [1.29, 1.82) is 0 Å². The zero-order chi connectivity index (χ0) is 20.3. The molecule has 5 nitrogen and oxygen atoms in total. The molecule has 146 valence electrons. The third-order valence-electron chi connectivity index (χ3n) is 4.22. The van der Waals surface area contributed by atoms with Crippen LogP contribution in [0.5, 0.6) is 11.5 Å². The summed E-state index contributed by atoms with van der Waals surface area (Å²) in [6, 6.07) is 13.3. The van der Waals surface area contributed by atoms with E-state index >= 15 is 0 Å². The summed E-state index contributed by atoms with van der Waals surface area (Å²) in [5, 5.41) is 0. The number of anilines is 2. The van der Waals surface area contributed by atoms with E-state index in [0.717, 1.165) is 16.9 Å². The molecule has 2 aromatic rings. The number of benzene rings is 2. The molecule has 0 atom stereocenters. The molecular formula is C21H22N2O3S2. The van der Waals surface area contributed by atoms with E-state index in [-0.39, 0.29) is 5.91 Å². The van der Waals surface area contributed by atoms with Crippen LogP contribution in [0.2, 0.25) is 0 Å². The number of amides is 1. The molecule has 1 fully saturated rings. The number of thiocarbonyl (C=S) groups is 1. The average molecular weight is 415 g/mol. The van der Waals surface area contributed by atoms with E-state index in [1.54, 1.807) is 18.1 Å². The zero-order valence-corrected chi connectivity index (χ0v) is 17.9. The molecule has 1 aliphatic rings. The lowest BCUT2D eigenvalue weighted by molar-refractivity contribution is -0.113. The van der Waals surface area contributed by atoms with Crippen LogP contribution >= 0.6 is 24.0 Å². The Kier molecular flexibility index (Phi) is 6.26. The SMILES string of the molecule is CCOc1c(/C=C2/SC(=S)N(c3ccc(N(C)C)cc3)C2=O)cccc1OC. The highest BCUT2D eigenvalue weighted by molar-refractivity contribution is 8.27. The highest BCUT2D eigenvalue weighted by Gasteiger charge is 2.33. The van der Waals surface area contributed by atoms with E-state index in [2.05, 4.69) is 0 Å². The highest BCUT2D eigenvalue weighted by atomic mass is 32.2. The first-order valence-corrected chi connectivity index (χ1v) is 10.0. The van der Waals surface area contributed by atoms with Crippen molar-refractivity contribution in [3.05, 3.63) is 52.9 Å². The second-order valence-electron chi connectivity index (χ2n) is 6.24. The van der Waals surface area contributed by atoms with Gasteiger partial charge >= 0.3 is 0 Å². The standard InChI is InChI=1S/C21H22N2O3S2/c1-5-26-19-14(7-6-8-17(19)25-4)13-18-20(24)23(21(27)28-18)16-11-9-15(10-12-16)22(2)3/h6-13H,5H2,1-4H3/b18-13+. The topological polar surface area (TPSA) is 42.0 Å². The lowest BCUT2D eigenvalue weighted by atomic mass is 10.1. The van der Waals surface area contributed by atoms with Crippen LogP contribution in [0, 0.1) is 0 Å². The fraction of sp³-hybridized carbons (Fsp3) is 0.238. The summed E-state index contributed by atoms with van der Waals surface area (Å²) in [5.74, 6) is 1.11. The normalized spacial score (nSPS) is 15.3. The Morgan fingerprint density at radius 2 is 1.89 bits per heavy atom. The Morgan fingerprint density at radius 3 is 2.50 bits per heavy atom. The van der Waals surface area contributed by atoms with Crippen LogP contribution in [-0.4, -0.2) is 38.0 Å². The number of hydrogen-bond acceptors (Lipinski definition) is 6. The minimum Gasteiger partial charge on any atom is -0.493 e. The molecule has 1 amide bonds. The van der Waals surface area contributed by atoms with Gasteiger partial charge in [0, 0.05) is 25.3 Å². The van der Waals surface area contributed by atoms with Crippen LogP contribution in [0.3, 0.4) is 0 Å². The number of carbonyl (C=O) groups excluding carboxylic acids is 1. The van der Waals surface area contributed by atoms with Crippen molar-refractivity contribution in [2.24, 2.45) is 0 Å². The van der Waals surface area contributed by atoms with Gasteiger partial charge in [0.05, 0.1) is 24.3 Å². The van der Waals surface area contributed by atoms with Crippen molar-refractivity contribution in [3.8, 4) is 11.5 Å². The van der Waals surface area contributed by atoms with Crippen LogP contribution in [0.4, 0.5) is 11.4 Å². The van der Waals surface area contributed by atoms with Gasteiger partial charge in [-0.2, -0.15) is 0 Å². The molecule has 1 heterocycles. The number of carbonyl (C=O) groups is 1. The highest BCUT2D eigenvalue weighted by Crippen LogP contribution is 2.39. The van der Waals surface area contributed by atoms with Gasteiger partial charge in [0.2, 0.25) is 0 Å². The van der Waals surface area contributed by atoms with E-state index in [1.807, 2.05) is 68.4 Å². The van der Waals surface area contributed by atoms with Crippen LogP contribution in [0.1, 0.15) is 12.5 Å². The van der Waals surface area contributed by atoms with Crippen molar-refractivity contribution >= 4 is 51.7 Å². The van der Waals surface area contributed by atoms with Gasteiger partial charge < -0.3 is 14.4 Å². The van der Waals surface area contributed by atoms with Gasteiger partial charge in [0.15, 0.2) is 15.8 Å². The summed E-state index contributed by atoms with van der Waals surface area (Å²) >= 11 is 6.76. The molecule has 2 aromatic carbocycles. The summed E-state index contributed by atoms with van der Waals surface area (Å²) in [7, 11) is 5.54. The Hall–Kier alpha value is -2.51. The number of hydrogen-bond donors (Lipinski definition) is 0. The Bertz CT molecular complexity index is 924. The molecule has 1 saturated heterocycles. The summed E-state index contributed by atoms with van der Waals surface area (Å²) in [6.07, 6.45) is 1.81. The lowest BCUT2D eigenvalue weighted by Crippen LogP contribution is -2.27. The molecule has 0 unspecified atom stereocenters. The molecule has 0 aliphatic carbocycles. The van der Waals surface area contributed by atoms with E-state index in [0.29, 0.717) is 27.3 Å². The van der Waals surface area contributed by atoms with Crippen molar-refractivity contribution in [2.75, 3.05) is 37.6 Å². The molecule has 0 spiro atoms. The monoisotopic (exact) mass is 414 g/mol. The maximum Gasteiger partial charge on any atom is 0.270 e. The average Bonchev–Trinajstić information content (AvgIpc) is 2.96. The third-order valence-corrected chi connectivity index (χ3v) is 5.52. The molecule has 3 rings (SSSR count). The van der Waals surface area contributed by atoms with E-state index in [1.165, 1.54) is 11.8 Å². The second-order valence-corrected chi connectivity index (χ2v) is 7.92. The van der Waals surface area contributed by atoms with Crippen molar-refractivity contribution in [1.82, 2.24) is 0 Å². The Morgan fingerprint density at radius 1 is 1.18 bits per heavy atom. The lowest BCUT2D eigenvalue weighted by Gasteiger charge is -2.17. The number of para-hydroxylation sites is 1. The van der Waals surface area contributed by atoms with Gasteiger partial charge in [-0.15, -0.1) is 0 Å². The van der Waals surface area contributed by atoms with Gasteiger partial charge in [-0.1, -0.05) is 36.1 Å². The third kappa shape index (κ3) is 4.00. The van der Waals surface area contributed by atoms with Crippen LogP contribution in [-0.2, 0) is 4.79 Å². The van der Waals surface area contributed by atoms with Gasteiger partial charge in [0.25, 0.3) is 5.91 Å². The first-order valence-electron chi connectivity index (χ1n) is 8.81. The summed E-state index contributed by atoms with van der Waals surface area (Å²) in [5.41, 5.74) is 2.60. The fourth-order valence-electron chi connectivity index (χ4n) is 2.84. The van der Waals surface area contributed by atoms with Gasteiger partial charge in [-0.3, -0.25) is 9.69 Å². The maximum atomic E-state index is 13.0. The second kappa shape index (κ2) is 8.67. The first-order chi connectivity index (χ1) is 13.5. The van der Waals surface area contributed by atoms with E-state index in [9.17, 15) is 4.79 Å². The maximum absolute atomic E-state index is 13.0. The van der Waals surface area contributed by atoms with Gasteiger partial charge in [0.1, 0.15) is 0 Å². The number of thioether (sulfide) groups is 1.